The summed E-state index contributed by atoms with van der Waals surface area (Å²) in [7, 11) is 1.91. The molecular formula is C12H15NO2S. The summed E-state index contributed by atoms with van der Waals surface area (Å²) >= 11 is 1.79. The van der Waals surface area contributed by atoms with Gasteiger partial charge in [-0.3, -0.25) is 0 Å². The predicted octanol–water partition coefficient (Wildman–Crippen LogP) is 3.03. The van der Waals surface area contributed by atoms with Gasteiger partial charge in [-0.05, 0) is 31.3 Å². The SMILES string of the molecule is CNCc1ccc(CSCc2ccco2)o1. The fourth-order valence-corrected chi connectivity index (χ4v) is 2.24. The molecule has 0 aliphatic carbocycles. The van der Waals surface area contributed by atoms with Crippen molar-refractivity contribution in [2.45, 2.75) is 18.1 Å². The molecule has 0 amide bonds. The molecule has 0 fully saturated rings. The Hall–Kier alpha value is -1.13. The second-order valence-corrected chi connectivity index (χ2v) is 4.46. The van der Waals surface area contributed by atoms with Gasteiger partial charge in [0.15, 0.2) is 0 Å². The van der Waals surface area contributed by atoms with Crippen LogP contribution >= 0.6 is 11.8 Å². The molecule has 0 unspecified atom stereocenters. The number of nitrogens with one attached hydrogen (secondary N) is 1. The van der Waals surface area contributed by atoms with Crippen molar-refractivity contribution in [3.8, 4) is 0 Å². The third kappa shape index (κ3) is 3.18. The van der Waals surface area contributed by atoms with Crippen LogP contribution in [0.25, 0.3) is 0 Å². The Kier molecular flexibility index (Phi) is 4.13. The monoisotopic (exact) mass is 237 g/mol. The Bertz CT molecular complexity index is 408. The maximum atomic E-state index is 5.63. The minimum absolute atomic E-state index is 0.781. The van der Waals surface area contributed by atoms with Crippen molar-refractivity contribution < 1.29 is 8.83 Å². The van der Waals surface area contributed by atoms with Crippen molar-refractivity contribution in [1.29, 1.82) is 0 Å². The lowest BCUT2D eigenvalue weighted by atomic mass is 10.4. The highest BCUT2D eigenvalue weighted by Crippen LogP contribution is 2.19. The zero-order chi connectivity index (χ0) is 11.2. The topological polar surface area (TPSA) is 38.3 Å². The molecule has 2 aromatic rings. The van der Waals surface area contributed by atoms with E-state index in [1.807, 2.05) is 31.3 Å². The van der Waals surface area contributed by atoms with Crippen LogP contribution < -0.4 is 5.32 Å². The van der Waals surface area contributed by atoms with E-state index in [1.54, 1.807) is 18.0 Å². The van der Waals surface area contributed by atoms with Gasteiger partial charge in [0.05, 0.1) is 24.3 Å². The first-order valence-electron chi connectivity index (χ1n) is 5.21. The van der Waals surface area contributed by atoms with Crippen LogP contribution in [0.2, 0.25) is 0 Å². The van der Waals surface area contributed by atoms with E-state index in [0.717, 1.165) is 35.3 Å². The summed E-state index contributed by atoms with van der Waals surface area (Å²) in [5, 5.41) is 3.06. The molecule has 86 valence electrons. The van der Waals surface area contributed by atoms with Gasteiger partial charge in [0, 0.05) is 0 Å². The molecule has 0 aliphatic rings. The van der Waals surface area contributed by atoms with Crippen molar-refractivity contribution >= 4 is 11.8 Å². The van der Waals surface area contributed by atoms with Gasteiger partial charge in [0.1, 0.15) is 17.3 Å². The van der Waals surface area contributed by atoms with Gasteiger partial charge in [-0.1, -0.05) is 0 Å². The van der Waals surface area contributed by atoms with Crippen LogP contribution in [0.4, 0.5) is 0 Å². The fourth-order valence-electron chi connectivity index (χ4n) is 1.42. The Morgan fingerprint density at radius 2 is 1.94 bits per heavy atom. The van der Waals surface area contributed by atoms with Crippen LogP contribution in [-0.2, 0) is 18.1 Å². The minimum Gasteiger partial charge on any atom is -0.468 e. The van der Waals surface area contributed by atoms with E-state index in [2.05, 4.69) is 5.32 Å². The molecule has 3 nitrogen and oxygen atoms in total. The molecule has 16 heavy (non-hydrogen) atoms. The van der Waals surface area contributed by atoms with Crippen LogP contribution in [0.1, 0.15) is 17.3 Å². The molecule has 4 heteroatoms. The van der Waals surface area contributed by atoms with Gasteiger partial charge in [-0.25, -0.2) is 0 Å². The zero-order valence-corrected chi connectivity index (χ0v) is 10.0. The number of hydrogen-bond acceptors (Lipinski definition) is 4. The molecule has 2 heterocycles. The van der Waals surface area contributed by atoms with Crippen LogP contribution in [0.5, 0.6) is 0 Å². The molecular weight excluding hydrogens is 222 g/mol. The Morgan fingerprint density at radius 1 is 1.12 bits per heavy atom. The quantitative estimate of drug-likeness (QED) is 0.838. The maximum absolute atomic E-state index is 5.63. The van der Waals surface area contributed by atoms with Gasteiger partial charge in [0.25, 0.3) is 0 Å². The highest BCUT2D eigenvalue weighted by Gasteiger charge is 2.02. The number of furan rings is 2. The molecule has 2 rings (SSSR count). The van der Waals surface area contributed by atoms with Crippen molar-refractivity contribution in [3.05, 3.63) is 47.8 Å². The first-order chi connectivity index (χ1) is 7.88. The lowest BCUT2D eigenvalue weighted by Gasteiger charge is -1.97. The van der Waals surface area contributed by atoms with Gasteiger partial charge in [0.2, 0.25) is 0 Å². The zero-order valence-electron chi connectivity index (χ0n) is 9.23. The summed E-state index contributed by atoms with van der Waals surface area (Å²) in [6.07, 6.45) is 1.70. The average molecular weight is 237 g/mol. The van der Waals surface area contributed by atoms with E-state index >= 15 is 0 Å². The van der Waals surface area contributed by atoms with E-state index in [0.29, 0.717) is 0 Å². The normalized spacial score (nSPS) is 10.8. The van der Waals surface area contributed by atoms with E-state index in [9.17, 15) is 0 Å². The van der Waals surface area contributed by atoms with E-state index in [1.165, 1.54) is 0 Å². The lowest BCUT2D eigenvalue weighted by Crippen LogP contribution is -2.03. The van der Waals surface area contributed by atoms with Gasteiger partial charge >= 0.3 is 0 Å². The molecule has 0 radical (unpaired) electrons. The Morgan fingerprint density at radius 3 is 2.69 bits per heavy atom. The molecule has 0 spiro atoms. The number of thioether (sulfide) groups is 1. The maximum Gasteiger partial charge on any atom is 0.117 e. The molecule has 2 aromatic heterocycles. The first kappa shape index (κ1) is 11.4. The smallest absolute Gasteiger partial charge is 0.117 e. The summed E-state index contributed by atoms with van der Waals surface area (Å²) in [6, 6.07) is 7.94. The van der Waals surface area contributed by atoms with E-state index < -0.39 is 0 Å². The predicted molar refractivity (Wildman–Crippen MR) is 65.2 cm³/mol. The molecule has 0 saturated heterocycles. The third-order valence-corrected chi connectivity index (χ3v) is 3.11. The third-order valence-electron chi connectivity index (χ3n) is 2.14. The lowest BCUT2D eigenvalue weighted by molar-refractivity contribution is 0.468. The van der Waals surface area contributed by atoms with Crippen LogP contribution in [0.3, 0.4) is 0 Å². The van der Waals surface area contributed by atoms with Crippen molar-refractivity contribution in [2.75, 3.05) is 7.05 Å². The molecule has 0 bridgehead atoms. The van der Waals surface area contributed by atoms with Crippen LogP contribution in [-0.4, -0.2) is 7.05 Å². The summed E-state index contributed by atoms with van der Waals surface area (Å²) in [5.74, 6) is 4.77. The molecule has 0 aromatic carbocycles. The van der Waals surface area contributed by atoms with E-state index in [4.69, 9.17) is 8.83 Å². The van der Waals surface area contributed by atoms with Crippen molar-refractivity contribution in [2.24, 2.45) is 0 Å². The molecule has 0 saturated carbocycles. The van der Waals surface area contributed by atoms with Crippen LogP contribution in [0, 0.1) is 0 Å². The Balaban J connectivity index is 1.76. The van der Waals surface area contributed by atoms with Crippen LogP contribution in [0.15, 0.2) is 39.4 Å². The molecule has 0 aliphatic heterocycles. The summed E-state index contributed by atoms with van der Waals surface area (Å²) in [6.45, 7) is 0.781. The number of hydrogen-bond donors (Lipinski definition) is 1. The van der Waals surface area contributed by atoms with Gasteiger partial charge < -0.3 is 14.2 Å². The Labute approximate surface area is 99.2 Å². The standard InChI is InChI=1S/C12H15NO2S/c1-13-7-10-4-5-12(15-10)9-16-8-11-3-2-6-14-11/h2-6,13H,7-9H2,1H3. The number of rotatable bonds is 6. The minimum atomic E-state index is 0.781. The molecule has 1 N–H and O–H groups in total. The molecule has 0 atom stereocenters. The van der Waals surface area contributed by atoms with Gasteiger partial charge in [-0.2, -0.15) is 0 Å². The van der Waals surface area contributed by atoms with Crippen molar-refractivity contribution in [3.63, 3.8) is 0 Å². The van der Waals surface area contributed by atoms with Crippen molar-refractivity contribution in [1.82, 2.24) is 5.32 Å². The average Bonchev–Trinajstić information content (AvgIpc) is 2.90. The first-order valence-corrected chi connectivity index (χ1v) is 6.36. The highest BCUT2D eigenvalue weighted by atomic mass is 32.2. The van der Waals surface area contributed by atoms with Gasteiger partial charge in [-0.15, -0.1) is 11.8 Å². The fraction of sp³-hybridized carbons (Fsp3) is 0.333. The largest absolute Gasteiger partial charge is 0.468 e. The second-order valence-electron chi connectivity index (χ2n) is 3.47. The summed E-state index contributed by atoms with van der Waals surface area (Å²) < 4.78 is 10.9. The summed E-state index contributed by atoms with van der Waals surface area (Å²) in [4.78, 5) is 0. The second kappa shape index (κ2) is 5.82. The highest BCUT2D eigenvalue weighted by molar-refractivity contribution is 7.97. The van der Waals surface area contributed by atoms with E-state index in [-0.39, 0.29) is 0 Å². The summed E-state index contributed by atoms with van der Waals surface area (Å²) in [5.41, 5.74) is 0.